The van der Waals surface area contributed by atoms with Gasteiger partial charge in [-0.15, -0.1) is 0 Å². The van der Waals surface area contributed by atoms with Gasteiger partial charge in [-0.2, -0.15) is 0 Å². The fraction of sp³-hybridized carbons (Fsp3) is 0.667. The van der Waals surface area contributed by atoms with Gasteiger partial charge in [0, 0.05) is 44.5 Å². The Labute approximate surface area is 166 Å². The maximum absolute atomic E-state index is 13.4. The number of hydrogen-bond acceptors (Lipinski definition) is 3. The zero-order valence-electron chi connectivity index (χ0n) is 16.7. The number of nitrogens with one attached hydrogen (secondary N) is 2. The molecule has 0 aromatic heterocycles. The minimum atomic E-state index is -0.827. The number of carbonyl (C=O) groups excluding carboxylic acids is 1. The number of amides is 2. The third-order valence-corrected chi connectivity index (χ3v) is 5.74. The van der Waals surface area contributed by atoms with Crippen molar-refractivity contribution in [3.63, 3.8) is 0 Å². The van der Waals surface area contributed by atoms with Gasteiger partial charge in [-0.05, 0) is 56.3 Å². The molecule has 0 bridgehead atoms. The lowest BCUT2D eigenvalue weighted by Crippen LogP contribution is -2.42. The maximum Gasteiger partial charge on any atom is 0.314 e. The summed E-state index contributed by atoms with van der Waals surface area (Å²) < 4.78 is 26.5. The van der Waals surface area contributed by atoms with Gasteiger partial charge in [-0.25, -0.2) is 13.6 Å². The van der Waals surface area contributed by atoms with Crippen LogP contribution < -0.4 is 15.5 Å². The number of anilines is 1. The van der Waals surface area contributed by atoms with E-state index in [-0.39, 0.29) is 6.03 Å². The summed E-state index contributed by atoms with van der Waals surface area (Å²) in [6.45, 7) is 8.33. The fourth-order valence-electron chi connectivity index (χ4n) is 4.13. The second kappa shape index (κ2) is 10.0. The molecule has 0 saturated carbocycles. The van der Waals surface area contributed by atoms with Crippen molar-refractivity contribution in [2.24, 2.45) is 11.8 Å². The number of piperidine rings is 1. The average molecular weight is 395 g/mol. The van der Waals surface area contributed by atoms with Gasteiger partial charge in [0.1, 0.15) is 0 Å². The second-order valence-electron chi connectivity index (χ2n) is 8.26. The van der Waals surface area contributed by atoms with Crippen LogP contribution in [0.2, 0.25) is 0 Å². The van der Waals surface area contributed by atoms with Gasteiger partial charge in [0.25, 0.3) is 0 Å². The quantitative estimate of drug-likeness (QED) is 0.747. The minimum Gasteiger partial charge on any atom is -0.371 e. The van der Waals surface area contributed by atoms with Crippen molar-refractivity contribution in [3.05, 3.63) is 29.8 Å². The summed E-state index contributed by atoms with van der Waals surface area (Å²) in [7, 11) is 0. The second-order valence-corrected chi connectivity index (χ2v) is 8.26. The molecule has 2 amide bonds. The third kappa shape index (κ3) is 6.06. The highest BCUT2D eigenvalue weighted by Crippen LogP contribution is 2.25. The predicted molar refractivity (Wildman–Crippen MR) is 108 cm³/mol. The molecule has 1 aromatic carbocycles. The fourth-order valence-corrected chi connectivity index (χ4v) is 4.13. The van der Waals surface area contributed by atoms with Gasteiger partial charge in [-0.3, -0.25) is 0 Å². The van der Waals surface area contributed by atoms with Crippen molar-refractivity contribution in [3.8, 4) is 0 Å². The number of hydrogen-bond donors (Lipinski definition) is 2. The standard InChI is InChI=1S/C21H32F2N4O/c1-16(14-26-8-3-2-4-9-26)12-24-21(28)25-13-17-7-10-27(15-17)18-5-6-19(22)20(23)11-18/h5-6,11,16-17H,2-4,7-10,12-15H2,1H3,(H2,24,25,28)/t16-,17+/m1/s1. The van der Waals surface area contributed by atoms with E-state index >= 15 is 0 Å². The Hall–Kier alpha value is -1.89. The molecular formula is C21H32F2N4O. The van der Waals surface area contributed by atoms with E-state index in [0.717, 1.165) is 32.1 Å². The van der Waals surface area contributed by atoms with Crippen molar-refractivity contribution < 1.29 is 13.6 Å². The Bertz CT molecular complexity index is 651. The molecule has 2 aliphatic heterocycles. The van der Waals surface area contributed by atoms with Gasteiger partial charge >= 0.3 is 6.03 Å². The highest BCUT2D eigenvalue weighted by molar-refractivity contribution is 5.73. The zero-order chi connectivity index (χ0) is 19.9. The molecule has 0 radical (unpaired) electrons. The van der Waals surface area contributed by atoms with Crippen LogP contribution in [-0.4, -0.2) is 56.7 Å². The molecule has 3 rings (SSSR count). The van der Waals surface area contributed by atoms with Gasteiger partial charge in [-0.1, -0.05) is 13.3 Å². The van der Waals surface area contributed by atoms with Crippen LogP contribution in [0.25, 0.3) is 0 Å². The van der Waals surface area contributed by atoms with Crippen LogP contribution in [-0.2, 0) is 0 Å². The molecule has 2 atom stereocenters. The number of benzene rings is 1. The van der Waals surface area contributed by atoms with Crippen molar-refractivity contribution in [1.82, 2.24) is 15.5 Å². The van der Waals surface area contributed by atoms with Gasteiger partial charge in [0.15, 0.2) is 11.6 Å². The molecule has 2 N–H and O–H groups in total. The molecule has 7 heteroatoms. The number of rotatable bonds is 7. The Morgan fingerprint density at radius 1 is 1.14 bits per heavy atom. The van der Waals surface area contributed by atoms with E-state index in [9.17, 15) is 13.6 Å². The zero-order valence-corrected chi connectivity index (χ0v) is 16.7. The molecule has 28 heavy (non-hydrogen) atoms. The van der Waals surface area contributed by atoms with Gasteiger partial charge in [0.2, 0.25) is 0 Å². The van der Waals surface area contributed by atoms with Crippen LogP contribution in [0.5, 0.6) is 0 Å². The van der Waals surface area contributed by atoms with Crippen molar-refractivity contribution >= 4 is 11.7 Å². The average Bonchev–Trinajstić information content (AvgIpc) is 3.17. The SMILES string of the molecule is C[C@H](CNC(=O)NC[C@@H]1CCN(c2ccc(F)c(F)c2)C1)CN1CCCCC1. The van der Waals surface area contributed by atoms with Crippen LogP contribution in [0.3, 0.4) is 0 Å². The number of nitrogens with zero attached hydrogens (tertiary/aromatic N) is 2. The van der Waals surface area contributed by atoms with E-state index in [4.69, 9.17) is 0 Å². The molecule has 1 aromatic rings. The highest BCUT2D eigenvalue weighted by atomic mass is 19.2. The van der Waals surface area contributed by atoms with Gasteiger partial charge in [0.05, 0.1) is 0 Å². The van der Waals surface area contributed by atoms with Crippen LogP contribution in [0.1, 0.15) is 32.6 Å². The van der Waals surface area contributed by atoms with E-state index in [1.54, 1.807) is 6.07 Å². The topological polar surface area (TPSA) is 47.6 Å². The highest BCUT2D eigenvalue weighted by Gasteiger charge is 2.24. The molecule has 2 aliphatic rings. The monoisotopic (exact) mass is 394 g/mol. The Kier molecular flexibility index (Phi) is 7.48. The van der Waals surface area contributed by atoms with E-state index in [0.29, 0.717) is 30.6 Å². The van der Waals surface area contributed by atoms with Crippen molar-refractivity contribution in [2.45, 2.75) is 32.6 Å². The van der Waals surface area contributed by atoms with E-state index < -0.39 is 11.6 Å². The molecule has 2 fully saturated rings. The third-order valence-electron chi connectivity index (χ3n) is 5.74. The van der Waals surface area contributed by atoms with Crippen LogP contribution in [0.15, 0.2) is 18.2 Å². The molecule has 2 heterocycles. The molecule has 2 saturated heterocycles. The van der Waals surface area contributed by atoms with Gasteiger partial charge < -0.3 is 20.4 Å². The Morgan fingerprint density at radius 3 is 2.68 bits per heavy atom. The van der Waals surface area contributed by atoms with Crippen LogP contribution in [0, 0.1) is 23.5 Å². The minimum absolute atomic E-state index is 0.128. The summed E-state index contributed by atoms with van der Waals surface area (Å²) in [5, 5.41) is 5.92. The van der Waals surface area contributed by atoms with Crippen LogP contribution >= 0.6 is 0 Å². The number of halogens is 2. The molecular weight excluding hydrogens is 362 g/mol. The summed E-state index contributed by atoms with van der Waals surface area (Å²) in [5.41, 5.74) is 0.692. The van der Waals surface area contributed by atoms with Crippen LogP contribution in [0.4, 0.5) is 19.3 Å². The van der Waals surface area contributed by atoms with Crippen molar-refractivity contribution in [2.75, 3.05) is 50.7 Å². The summed E-state index contributed by atoms with van der Waals surface area (Å²) in [5.74, 6) is -0.909. The molecule has 0 unspecified atom stereocenters. The summed E-state index contributed by atoms with van der Waals surface area (Å²) in [4.78, 5) is 16.6. The number of urea groups is 1. The summed E-state index contributed by atoms with van der Waals surface area (Å²) in [6.07, 6.45) is 4.82. The normalized spacial score (nSPS) is 21.5. The lowest BCUT2D eigenvalue weighted by molar-refractivity contribution is 0.197. The smallest absolute Gasteiger partial charge is 0.314 e. The molecule has 5 nitrogen and oxygen atoms in total. The number of likely N-dealkylation sites (tertiary alicyclic amines) is 1. The van der Waals surface area contributed by atoms with Crippen molar-refractivity contribution in [1.29, 1.82) is 0 Å². The largest absolute Gasteiger partial charge is 0.371 e. The first-order chi connectivity index (χ1) is 13.5. The lowest BCUT2D eigenvalue weighted by atomic mass is 10.1. The first-order valence-electron chi connectivity index (χ1n) is 10.5. The first-order valence-corrected chi connectivity index (χ1v) is 10.5. The first kappa shape index (κ1) is 20.8. The van der Waals surface area contributed by atoms with E-state index in [1.165, 1.54) is 38.4 Å². The lowest BCUT2D eigenvalue weighted by Gasteiger charge is -2.29. The maximum atomic E-state index is 13.4. The van der Waals surface area contributed by atoms with E-state index in [2.05, 4.69) is 22.5 Å². The number of carbonyl (C=O) groups is 1. The van der Waals surface area contributed by atoms with E-state index in [1.807, 2.05) is 4.90 Å². The Balaban J connectivity index is 1.33. The molecule has 0 aliphatic carbocycles. The molecule has 0 spiro atoms. The summed E-state index contributed by atoms with van der Waals surface area (Å²) >= 11 is 0. The Morgan fingerprint density at radius 2 is 1.93 bits per heavy atom. The predicted octanol–water partition coefficient (Wildman–Crippen LogP) is 3.21. The molecule has 156 valence electrons. The summed E-state index contributed by atoms with van der Waals surface area (Å²) in [6, 6.07) is 3.87.